The fraction of sp³-hybridized carbons (Fsp3) is 0.111. The van der Waals surface area contributed by atoms with Crippen molar-refractivity contribution >= 4 is 12.0 Å². The summed E-state index contributed by atoms with van der Waals surface area (Å²) in [5.41, 5.74) is 5.48. The van der Waals surface area contributed by atoms with E-state index in [0.29, 0.717) is 5.89 Å². The number of hydrogen-bond acceptors (Lipinski definition) is 4. The van der Waals surface area contributed by atoms with Crippen LogP contribution in [0.5, 0.6) is 0 Å². The Labute approximate surface area is 76.0 Å². The molecule has 0 saturated heterocycles. The molecule has 2 N–H and O–H groups in total. The lowest BCUT2D eigenvalue weighted by atomic mass is 10.4. The SMILES string of the molecule is CC=CC=Cc1nc(C#N)c(N)o1. The van der Waals surface area contributed by atoms with Gasteiger partial charge in [-0.05, 0) is 6.92 Å². The average molecular weight is 175 g/mol. The van der Waals surface area contributed by atoms with Crippen LogP contribution in [-0.2, 0) is 0 Å². The molecule has 1 rings (SSSR count). The summed E-state index contributed by atoms with van der Waals surface area (Å²) in [6, 6.07) is 1.82. The molecule has 0 aliphatic rings. The summed E-state index contributed by atoms with van der Waals surface area (Å²) in [5.74, 6) is 0.398. The molecule has 0 bridgehead atoms. The number of nitriles is 1. The maximum absolute atomic E-state index is 8.51. The minimum absolute atomic E-state index is 0.0580. The predicted octanol–water partition coefficient (Wildman–Crippen LogP) is 1.72. The molecule has 1 aromatic heterocycles. The topological polar surface area (TPSA) is 75.8 Å². The first kappa shape index (κ1) is 9.07. The highest BCUT2D eigenvalue weighted by atomic mass is 16.4. The molecule has 0 amide bonds. The van der Waals surface area contributed by atoms with Crippen LogP contribution in [0.2, 0.25) is 0 Å². The summed E-state index contributed by atoms with van der Waals surface area (Å²) in [4.78, 5) is 3.83. The molecule has 0 aromatic carbocycles. The van der Waals surface area contributed by atoms with Crippen molar-refractivity contribution in [1.29, 1.82) is 5.26 Å². The molecule has 1 aromatic rings. The molecule has 0 atom stereocenters. The molecule has 0 unspecified atom stereocenters. The molecule has 0 saturated carbocycles. The number of nitrogen functional groups attached to an aromatic ring is 1. The van der Waals surface area contributed by atoms with Crippen LogP contribution in [-0.4, -0.2) is 4.98 Å². The maximum atomic E-state index is 8.51. The van der Waals surface area contributed by atoms with Crippen LogP contribution < -0.4 is 5.73 Å². The van der Waals surface area contributed by atoms with Gasteiger partial charge in [0.05, 0.1) is 0 Å². The van der Waals surface area contributed by atoms with E-state index in [9.17, 15) is 0 Å². The fourth-order valence-electron chi connectivity index (χ4n) is 0.749. The number of hydrogen-bond donors (Lipinski definition) is 1. The van der Waals surface area contributed by atoms with E-state index in [1.165, 1.54) is 0 Å². The number of rotatable bonds is 2. The van der Waals surface area contributed by atoms with Gasteiger partial charge in [0.2, 0.25) is 17.5 Å². The first-order chi connectivity index (χ1) is 6.27. The molecule has 13 heavy (non-hydrogen) atoms. The molecular weight excluding hydrogens is 166 g/mol. The molecule has 0 radical (unpaired) electrons. The van der Waals surface area contributed by atoms with Crippen molar-refractivity contribution in [1.82, 2.24) is 4.98 Å². The Bertz CT molecular complexity index is 382. The van der Waals surface area contributed by atoms with Gasteiger partial charge < -0.3 is 10.2 Å². The molecule has 0 aliphatic heterocycles. The standard InChI is InChI=1S/C9H9N3O/c1-2-3-4-5-8-12-7(6-10)9(11)13-8/h2-5H,11H2,1H3. The van der Waals surface area contributed by atoms with Gasteiger partial charge in [0.1, 0.15) is 6.07 Å². The summed E-state index contributed by atoms with van der Waals surface area (Å²) in [6.45, 7) is 1.90. The van der Waals surface area contributed by atoms with E-state index in [4.69, 9.17) is 15.4 Å². The zero-order chi connectivity index (χ0) is 9.68. The van der Waals surface area contributed by atoms with Crippen LogP contribution in [0, 0.1) is 11.3 Å². The van der Waals surface area contributed by atoms with Crippen LogP contribution in [0.25, 0.3) is 6.08 Å². The normalized spacial score (nSPS) is 11.1. The smallest absolute Gasteiger partial charge is 0.229 e. The summed E-state index contributed by atoms with van der Waals surface area (Å²) in [7, 11) is 0. The van der Waals surface area contributed by atoms with Gasteiger partial charge in [-0.3, -0.25) is 0 Å². The third-order valence-electron chi connectivity index (χ3n) is 1.32. The zero-order valence-electron chi connectivity index (χ0n) is 7.19. The number of nitrogens with zero attached hydrogens (tertiary/aromatic N) is 2. The quantitative estimate of drug-likeness (QED) is 0.694. The minimum atomic E-state index is 0.0580. The van der Waals surface area contributed by atoms with E-state index in [-0.39, 0.29) is 11.6 Å². The summed E-state index contributed by atoms with van der Waals surface area (Å²) < 4.78 is 4.98. The number of oxazole rings is 1. The molecular formula is C9H9N3O. The Hall–Kier alpha value is -2.02. The number of allylic oxidation sites excluding steroid dienone is 3. The number of anilines is 1. The van der Waals surface area contributed by atoms with Crippen LogP contribution in [0.3, 0.4) is 0 Å². The van der Waals surface area contributed by atoms with Gasteiger partial charge in [0.25, 0.3) is 0 Å². The van der Waals surface area contributed by atoms with Crippen molar-refractivity contribution in [3.8, 4) is 6.07 Å². The lowest BCUT2D eigenvalue weighted by molar-refractivity contribution is 0.565. The van der Waals surface area contributed by atoms with E-state index in [0.717, 1.165) is 0 Å². The number of nitrogens with two attached hydrogens (primary N) is 1. The average Bonchev–Trinajstić information content (AvgIpc) is 2.47. The molecule has 0 spiro atoms. The highest BCUT2D eigenvalue weighted by molar-refractivity contribution is 5.48. The summed E-state index contributed by atoms with van der Waals surface area (Å²) in [5, 5.41) is 8.51. The van der Waals surface area contributed by atoms with Crippen LogP contribution in [0.1, 0.15) is 18.5 Å². The van der Waals surface area contributed by atoms with Crippen molar-refractivity contribution < 1.29 is 4.42 Å². The second-order valence-electron chi connectivity index (χ2n) is 2.26. The molecule has 0 aliphatic carbocycles. The minimum Gasteiger partial charge on any atom is -0.420 e. The Morgan fingerprint density at radius 2 is 2.31 bits per heavy atom. The lowest BCUT2D eigenvalue weighted by Crippen LogP contribution is -1.83. The van der Waals surface area contributed by atoms with Crippen LogP contribution >= 0.6 is 0 Å². The van der Waals surface area contributed by atoms with Gasteiger partial charge in [0.15, 0.2) is 0 Å². The molecule has 4 nitrogen and oxygen atoms in total. The monoisotopic (exact) mass is 175 g/mol. The Morgan fingerprint density at radius 3 is 2.85 bits per heavy atom. The van der Waals surface area contributed by atoms with E-state index >= 15 is 0 Å². The third kappa shape index (κ3) is 2.20. The zero-order valence-corrected chi connectivity index (χ0v) is 7.19. The maximum Gasteiger partial charge on any atom is 0.229 e. The Balaban J connectivity index is 2.87. The molecule has 4 heteroatoms. The van der Waals surface area contributed by atoms with Gasteiger partial charge in [-0.25, -0.2) is 0 Å². The van der Waals surface area contributed by atoms with E-state index in [1.54, 1.807) is 12.2 Å². The summed E-state index contributed by atoms with van der Waals surface area (Å²) in [6.07, 6.45) is 7.09. The Kier molecular flexibility index (Phi) is 2.87. The van der Waals surface area contributed by atoms with Gasteiger partial charge >= 0.3 is 0 Å². The number of aromatic nitrogens is 1. The third-order valence-corrected chi connectivity index (χ3v) is 1.32. The van der Waals surface area contributed by atoms with Crippen molar-refractivity contribution in [2.24, 2.45) is 0 Å². The second kappa shape index (κ2) is 4.12. The van der Waals surface area contributed by atoms with Gasteiger partial charge in [-0.2, -0.15) is 10.2 Å². The van der Waals surface area contributed by atoms with Crippen LogP contribution in [0.15, 0.2) is 22.6 Å². The van der Waals surface area contributed by atoms with Crippen LogP contribution in [0.4, 0.5) is 5.88 Å². The fourth-order valence-corrected chi connectivity index (χ4v) is 0.749. The van der Waals surface area contributed by atoms with Gasteiger partial charge in [0, 0.05) is 6.08 Å². The molecule has 0 fully saturated rings. The first-order valence-corrected chi connectivity index (χ1v) is 3.73. The lowest BCUT2D eigenvalue weighted by Gasteiger charge is -1.79. The van der Waals surface area contributed by atoms with E-state index in [1.807, 2.05) is 25.1 Å². The Morgan fingerprint density at radius 1 is 1.54 bits per heavy atom. The van der Waals surface area contributed by atoms with Crippen molar-refractivity contribution in [2.45, 2.75) is 6.92 Å². The highest BCUT2D eigenvalue weighted by Crippen LogP contribution is 2.12. The largest absolute Gasteiger partial charge is 0.420 e. The predicted molar refractivity (Wildman–Crippen MR) is 49.5 cm³/mol. The van der Waals surface area contributed by atoms with Gasteiger partial charge in [-0.15, -0.1) is 0 Å². The second-order valence-corrected chi connectivity index (χ2v) is 2.26. The van der Waals surface area contributed by atoms with Crippen molar-refractivity contribution in [3.63, 3.8) is 0 Å². The first-order valence-electron chi connectivity index (χ1n) is 3.73. The summed E-state index contributed by atoms with van der Waals surface area (Å²) >= 11 is 0. The molecule has 1 heterocycles. The van der Waals surface area contributed by atoms with E-state index in [2.05, 4.69) is 4.98 Å². The van der Waals surface area contributed by atoms with Crippen molar-refractivity contribution in [3.05, 3.63) is 29.8 Å². The highest BCUT2D eigenvalue weighted by Gasteiger charge is 2.05. The van der Waals surface area contributed by atoms with E-state index < -0.39 is 0 Å². The molecule has 66 valence electrons. The van der Waals surface area contributed by atoms with Crippen molar-refractivity contribution in [2.75, 3.05) is 5.73 Å². The van der Waals surface area contributed by atoms with Gasteiger partial charge in [-0.1, -0.05) is 18.2 Å².